The van der Waals surface area contributed by atoms with Gasteiger partial charge in [0, 0.05) is 12.6 Å². The molecule has 174 valence electrons. The van der Waals surface area contributed by atoms with E-state index in [-0.39, 0.29) is 28.9 Å². The largest absolute Gasteiger partial charge is 0.491 e. The quantitative estimate of drug-likeness (QED) is 0.565. The Balaban J connectivity index is 1.31. The maximum absolute atomic E-state index is 12.8. The highest BCUT2D eigenvalue weighted by molar-refractivity contribution is 9.10. The van der Waals surface area contributed by atoms with Crippen molar-refractivity contribution in [2.24, 2.45) is 0 Å². The van der Waals surface area contributed by atoms with E-state index in [1.165, 1.54) is 12.1 Å². The van der Waals surface area contributed by atoms with E-state index in [1.807, 2.05) is 0 Å². The first-order valence-corrected chi connectivity index (χ1v) is 13.1. The van der Waals surface area contributed by atoms with E-state index in [4.69, 9.17) is 4.74 Å². The predicted molar refractivity (Wildman–Crippen MR) is 127 cm³/mol. The van der Waals surface area contributed by atoms with E-state index in [2.05, 4.69) is 32.0 Å². The lowest BCUT2D eigenvalue weighted by Gasteiger charge is -2.24. The number of halogens is 1. The van der Waals surface area contributed by atoms with Gasteiger partial charge in [-0.05, 0) is 71.9 Å². The Hall–Kier alpha value is -2.61. The van der Waals surface area contributed by atoms with Gasteiger partial charge in [-0.3, -0.25) is 14.8 Å². The number of hydrogen-bond donors (Lipinski definition) is 2. The monoisotopic (exact) mass is 532 g/mol. The number of sulfonamides is 1. The number of hydrogen-bond acceptors (Lipinski definition) is 6. The average molecular weight is 533 g/mol. The van der Waals surface area contributed by atoms with Gasteiger partial charge in [0.2, 0.25) is 5.91 Å². The number of amides is 1. The fraction of sp³-hybridized carbons (Fsp3) is 0.391. The maximum Gasteiger partial charge on any atom is 0.261 e. The predicted octanol–water partition coefficient (Wildman–Crippen LogP) is 3.26. The molecule has 2 heterocycles. The molecule has 2 aliphatic heterocycles. The van der Waals surface area contributed by atoms with Crippen LogP contribution >= 0.6 is 15.9 Å². The number of carbonyl (C=O) groups is 1. The second-order valence-electron chi connectivity index (χ2n) is 8.19. The third-order valence-corrected chi connectivity index (χ3v) is 7.92. The zero-order valence-electron chi connectivity index (χ0n) is 17.9. The molecule has 0 aliphatic carbocycles. The summed E-state index contributed by atoms with van der Waals surface area (Å²) >= 11 is 3.44. The van der Waals surface area contributed by atoms with Gasteiger partial charge in [-0.1, -0.05) is 18.2 Å². The Morgan fingerprint density at radius 3 is 2.73 bits per heavy atom. The molecule has 2 aromatic rings. The van der Waals surface area contributed by atoms with Crippen LogP contribution in [0.2, 0.25) is 0 Å². The van der Waals surface area contributed by atoms with Crippen LogP contribution in [0.1, 0.15) is 25.7 Å². The number of ether oxygens (including phenoxy) is 1. The highest BCUT2D eigenvalue weighted by atomic mass is 79.9. The summed E-state index contributed by atoms with van der Waals surface area (Å²) in [5.74, 6) is 0.580. The SMILES string of the molecule is N#CC1CCCN1C(=O)C1CCC(COc2ccc(NS(=O)(=O)c3ccccc3)cc2Br)N1. The van der Waals surface area contributed by atoms with Gasteiger partial charge in [-0.15, -0.1) is 0 Å². The van der Waals surface area contributed by atoms with Crippen molar-refractivity contribution in [1.82, 2.24) is 10.2 Å². The standard InChI is InChI=1S/C23H25BrN4O4S/c24-20-13-16(27-33(30,31)19-6-2-1-3-7-19)9-11-22(20)32-15-17-8-10-21(26-17)23(29)28-12-4-5-18(28)14-25/h1-3,6-7,9,11,13,17-18,21,26-27H,4-5,8,10,12,15H2. The molecule has 3 unspecified atom stereocenters. The summed E-state index contributed by atoms with van der Waals surface area (Å²) < 4.78 is 34.1. The molecular formula is C23H25BrN4O4S. The van der Waals surface area contributed by atoms with E-state index in [1.54, 1.807) is 41.3 Å². The smallest absolute Gasteiger partial charge is 0.261 e. The summed E-state index contributed by atoms with van der Waals surface area (Å²) in [7, 11) is -3.67. The summed E-state index contributed by atoms with van der Waals surface area (Å²) in [6.07, 6.45) is 3.12. The molecule has 4 rings (SSSR count). The van der Waals surface area contributed by atoms with E-state index in [0.29, 0.717) is 35.5 Å². The fourth-order valence-corrected chi connectivity index (χ4v) is 5.76. The number of likely N-dealkylation sites (tertiary alicyclic amines) is 1. The van der Waals surface area contributed by atoms with Crippen LogP contribution in [0.3, 0.4) is 0 Å². The Morgan fingerprint density at radius 2 is 2.00 bits per heavy atom. The van der Waals surface area contributed by atoms with Crippen LogP contribution in [0.25, 0.3) is 0 Å². The number of benzene rings is 2. The molecule has 2 aromatic carbocycles. The number of anilines is 1. The van der Waals surface area contributed by atoms with Crippen LogP contribution in [0.4, 0.5) is 5.69 Å². The molecule has 10 heteroatoms. The molecule has 2 N–H and O–H groups in total. The summed E-state index contributed by atoms with van der Waals surface area (Å²) in [6, 6.07) is 14.8. The minimum absolute atomic E-state index is 0.00205. The molecule has 0 spiro atoms. The van der Waals surface area contributed by atoms with Crippen molar-refractivity contribution in [3.8, 4) is 11.8 Å². The van der Waals surface area contributed by atoms with Crippen molar-refractivity contribution in [3.05, 3.63) is 53.0 Å². The lowest BCUT2D eigenvalue weighted by Crippen LogP contribution is -2.47. The highest BCUT2D eigenvalue weighted by Crippen LogP contribution is 2.30. The van der Waals surface area contributed by atoms with Gasteiger partial charge in [-0.2, -0.15) is 5.26 Å². The van der Waals surface area contributed by atoms with Crippen LogP contribution < -0.4 is 14.8 Å². The van der Waals surface area contributed by atoms with E-state index in [0.717, 1.165) is 19.3 Å². The van der Waals surface area contributed by atoms with E-state index < -0.39 is 10.0 Å². The van der Waals surface area contributed by atoms with Crippen molar-refractivity contribution >= 4 is 37.5 Å². The normalized spacial score (nSPS) is 22.7. The zero-order valence-corrected chi connectivity index (χ0v) is 20.3. The second-order valence-corrected chi connectivity index (χ2v) is 10.7. The second kappa shape index (κ2) is 10.1. The first-order valence-electron chi connectivity index (χ1n) is 10.8. The molecule has 8 nitrogen and oxygen atoms in total. The van der Waals surface area contributed by atoms with Gasteiger partial charge in [-0.25, -0.2) is 8.42 Å². The van der Waals surface area contributed by atoms with Crippen molar-refractivity contribution in [2.45, 2.75) is 48.7 Å². The molecular weight excluding hydrogens is 508 g/mol. The highest BCUT2D eigenvalue weighted by Gasteiger charge is 2.37. The van der Waals surface area contributed by atoms with Crippen LogP contribution in [0.15, 0.2) is 57.9 Å². The average Bonchev–Trinajstić information content (AvgIpc) is 3.48. The van der Waals surface area contributed by atoms with Crippen molar-refractivity contribution < 1.29 is 17.9 Å². The number of nitrogens with zero attached hydrogens (tertiary/aromatic N) is 2. The van der Waals surface area contributed by atoms with Crippen LogP contribution in [0.5, 0.6) is 5.75 Å². The van der Waals surface area contributed by atoms with E-state index in [9.17, 15) is 18.5 Å². The zero-order chi connectivity index (χ0) is 23.4. The van der Waals surface area contributed by atoms with Gasteiger partial charge in [0.25, 0.3) is 10.0 Å². The molecule has 0 saturated carbocycles. The molecule has 2 saturated heterocycles. The van der Waals surface area contributed by atoms with Gasteiger partial charge >= 0.3 is 0 Å². The number of nitriles is 1. The molecule has 2 fully saturated rings. The van der Waals surface area contributed by atoms with Crippen molar-refractivity contribution in [2.75, 3.05) is 17.9 Å². The summed E-state index contributed by atoms with van der Waals surface area (Å²) in [6.45, 7) is 1.02. The summed E-state index contributed by atoms with van der Waals surface area (Å²) in [5, 5.41) is 12.6. The first-order chi connectivity index (χ1) is 15.9. The van der Waals surface area contributed by atoms with Gasteiger partial charge in [0.15, 0.2) is 0 Å². The van der Waals surface area contributed by atoms with Crippen LogP contribution in [-0.2, 0) is 14.8 Å². The Labute approximate surface area is 202 Å². The minimum Gasteiger partial charge on any atom is -0.491 e. The number of carbonyl (C=O) groups excluding carboxylic acids is 1. The van der Waals surface area contributed by atoms with Crippen LogP contribution in [-0.4, -0.2) is 50.5 Å². The first kappa shape index (κ1) is 23.5. The maximum atomic E-state index is 12.8. The van der Waals surface area contributed by atoms with Gasteiger partial charge in [0.05, 0.1) is 27.2 Å². The number of nitrogens with one attached hydrogen (secondary N) is 2. The van der Waals surface area contributed by atoms with Gasteiger partial charge < -0.3 is 9.64 Å². The summed E-state index contributed by atoms with van der Waals surface area (Å²) in [5.41, 5.74) is 0.417. The lowest BCUT2D eigenvalue weighted by molar-refractivity contribution is -0.133. The molecule has 33 heavy (non-hydrogen) atoms. The van der Waals surface area contributed by atoms with E-state index >= 15 is 0 Å². The molecule has 3 atom stereocenters. The van der Waals surface area contributed by atoms with Crippen molar-refractivity contribution in [3.63, 3.8) is 0 Å². The minimum atomic E-state index is -3.67. The Bertz CT molecular complexity index is 1150. The lowest BCUT2D eigenvalue weighted by atomic mass is 10.1. The Kier molecular flexibility index (Phi) is 7.22. The molecule has 2 aliphatic rings. The van der Waals surface area contributed by atoms with Gasteiger partial charge in [0.1, 0.15) is 18.4 Å². The molecule has 0 aromatic heterocycles. The van der Waals surface area contributed by atoms with Crippen LogP contribution in [0, 0.1) is 11.3 Å². The number of rotatable bonds is 7. The van der Waals surface area contributed by atoms with Crippen molar-refractivity contribution in [1.29, 1.82) is 5.26 Å². The molecule has 0 radical (unpaired) electrons. The third kappa shape index (κ3) is 5.49. The third-order valence-electron chi connectivity index (χ3n) is 5.90. The summed E-state index contributed by atoms with van der Waals surface area (Å²) in [4.78, 5) is 14.6. The topological polar surface area (TPSA) is 112 Å². The molecule has 1 amide bonds. The fourth-order valence-electron chi connectivity index (χ4n) is 4.20. The molecule has 0 bridgehead atoms. The Morgan fingerprint density at radius 1 is 1.21 bits per heavy atom.